The van der Waals surface area contributed by atoms with Crippen molar-refractivity contribution >= 4 is 29.8 Å². The van der Waals surface area contributed by atoms with Crippen LogP contribution in [0.3, 0.4) is 0 Å². The molecule has 1 spiro atoms. The van der Waals surface area contributed by atoms with Gasteiger partial charge in [-0.1, -0.05) is 20.8 Å². The van der Waals surface area contributed by atoms with Crippen LogP contribution in [-0.4, -0.2) is 85.0 Å². The third kappa shape index (κ3) is 5.46. The summed E-state index contributed by atoms with van der Waals surface area (Å²) in [5.74, 6) is -3.75. The number of carbonyl (C=O) groups excluding carboxylic acids is 5. The molecular weight excluding hydrogens is 604 g/mol. The van der Waals surface area contributed by atoms with E-state index in [9.17, 15) is 24.0 Å². The highest BCUT2D eigenvalue weighted by Gasteiger charge is 2.82. The number of hydrogen-bond donors (Lipinski definition) is 0. The van der Waals surface area contributed by atoms with E-state index in [1.807, 2.05) is 6.08 Å². The van der Waals surface area contributed by atoms with Crippen LogP contribution in [0.1, 0.15) is 81.1 Å². The van der Waals surface area contributed by atoms with Gasteiger partial charge in [0, 0.05) is 39.0 Å². The number of esters is 5. The van der Waals surface area contributed by atoms with E-state index in [0.29, 0.717) is 12.8 Å². The van der Waals surface area contributed by atoms with Crippen LogP contribution in [0.5, 0.6) is 0 Å². The lowest BCUT2D eigenvalue weighted by Crippen LogP contribution is -2.75. The molecule has 4 fully saturated rings. The Labute approximate surface area is 268 Å². The summed E-state index contributed by atoms with van der Waals surface area (Å²) in [4.78, 5) is 63.5. The molecule has 0 bridgehead atoms. The molecular formula is C33H46O13. The molecule has 0 N–H and O–H groups in total. The predicted octanol–water partition coefficient (Wildman–Crippen LogP) is 3.15. The summed E-state index contributed by atoms with van der Waals surface area (Å²) in [6.07, 6.45) is 1.07. The highest BCUT2D eigenvalue weighted by molar-refractivity contribution is 5.83. The third-order valence-corrected chi connectivity index (χ3v) is 11.3. The summed E-state index contributed by atoms with van der Waals surface area (Å²) in [7, 11) is 0. The molecule has 3 heterocycles. The third-order valence-electron chi connectivity index (χ3n) is 11.3. The highest BCUT2D eigenvalue weighted by Crippen LogP contribution is 2.71. The molecule has 0 aromatic heterocycles. The second-order valence-corrected chi connectivity index (χ2v) is 13.9. The molecule has 0 unspecified atom stereocenters. The largest absolute Gasteiger partial charge is 0.472 e. The van der Waals surface area contributed by atoms with Gasteiger partial charge in [-0.15, -0.1) is 0 Å². The zero-order valence-electron chi connectivity index (χ0n) is 27.8. The number of ether oxygens (including phenoxy) is 8. The van der Waals surface area contributed by atoms with Gasteiger partial charge >= 0.3 is 29.8 Å². The monoisotopic (exact) mass is 650 g/mol. The molecule has 13 nitrogen and oxygen atoms in total. The van der Waals surface area contributed by atoms with Crippen LogP contribution in [0.25, 0.3) is 0 Å². The van der Waals surface area contributed by atoms with Crippen molar-refractivity contribution in [1.29, 1.82) is 0 Å². The SMILES string of the molecule is CC[C@@](C)(OC(C)=O)C(=O)O[C@H]1[C@H](OC(C)=O)C[C@@H]2[C@@](C)([C@@H]3C[C@H]4C=CO[C@H]4O3)[C@H](C)C[C@H](OC(C)=O)[C@@]2(COC(C)=O)[C@@]12CO2. The Hall–Kier alpha value is -3.19. The van der Waals surface area contributed by atoms with Gasteiger partial charge in [-0.3, -0.25) is 19.2 Å². The molecule has 0 aromatic rings. The lowest BCUT2D eigenvalue weighted by molar-refractivity contribution is -0.286. The fourth-order valence-electron chi connectivity index (χ4n) is 8.72. The van der Waals surface area contributed by atoms with E-state index in [1.54, 1.807) is 13.2 Å². The summed E-state index contributed by atoms with van der Waals surface area (Å²) < 4.78 is 48.0. The number of carbonyl (C=O) groups is 5. The van der Waals surface area contributed by atoms with Gasteiger partial charge in [0.2, 0.25) is 11.9 Å². The zero-order valence-corrected chi connectivity index (χ0v) is 27.8. The zero-order chi connectivity index (χ0) is 33.8. The predicted molar refractivity (Wildman–Crippen MR) is 156 cm³/mol. The number of rotatable bonds is 9. The summed E-state index contributed by atoms with van der Waals surface area (Å²) in [6.45, 7) is 12.2. The highest BCUT2D eigenvalue weighted by atomic mass is 16.7. The van der Waals surface area contributed by atoms with Crippen molar-refractivity contribution in [1.82, 2.24) is 0 Å². The van der Waals surface area contributed by atoms with Gasteiger partial charge in [0.05, 0.1) is 24.4 Å². The first-order valence-corrected chi connectivity index (χ1v) is 16.0. The van der Waals surface area contributed by atoms with Gasteiger partial charge in [-0.25, -0.2) is 4.79 Å². The minimum atomic E-state index is -1.64. The molecule has 0 radical (unpaired) electrons. The van der Waals surface area contributed by atoms with Gasteiger partial charge in [-0.05, 0) is 50.5 Å². The first kappa shape index (κ1) is 34.2. The van der Waals surface area contributed by atoms with E-state index < -0.39 is 82.4 Å². The van der Waals surface area contributed by atoms with Gasteiger partial charge in [0.15, 0.2) is 6.10 Å². The molecule has 13 heteroatoms. The average Bonchev–Trinajstić information content (AvgIpc) is 3.44. The number of hydrogen-bond acceptors (Lipinski definition) is 13. The van der Waals surface area contributed by atoms with Crippen LogP contribution in [0.15, 0.2) is 12.3 Å². The average molecular weight is 651 g/mol. The quantitative estimate of drug-likeness (QED) is 0.203. The van der Waals surface area contributed by atoms with Crippen molar-refractivity contribution in [2.45, 2.75) is 123 Å². The first-order chi connectivity index (χ1) is 21.5. The van der Waals surface area contributed by atoms with Gasteiger partial charge in [-0.2, -0.15) is 0 Å². The topological polar surface area (TPSA) is 162 Å². The Bertz CT molecular complexity index is 1290. The van der Waals surface area contributed by atoms with Crippen LogP contribution in [-0.2, 0) is 61.9 Å². The summed E-state index contributed by atoms with van der Waals surface area (Å²) in [5.41, 5.74) is -4.97. The molecule has 256 valence electrons. The fourth-order valence-corrected chi connectivity index (χ4v) is 8.72. The molecule has 5 rings (SSSR count). The van der Waals surface area contributed by atoms with Crippen molar-refractivity contribution in [2.75, 3.05) is 13.2 Å². The fraction of sp³-hybridized carbons (Fsp3) is 0.788. The summed E-state index contributed by atoms with van der Waals surface area (Å²) in [5, 5.41) is 0. The number of epoxide rings is 1. The molecule has 3 aliphatic heterocycles. The van der Waals surface area contributed by atoms with Gasteiger partial charge in [0.25, 0.3) is 0 Å². The molecule has 2 saturated heterocycles. The van der Waals surface area contributed by atoms with E-state index in [4.69, 9.17) is 37.9 Å². The van der Waals surface area contributed by atoms with Crippen LogP contribution < -0.4 is 0 Å². The minimum absolute atomic E-state index is 0.0295. The minimum Gasteiger partial charge on any atom is -0.472 e. The van der Waals surface area contributed by atoms with Crippen molar-refractivity contribution in [3.63, 3.8) is 0 Å². The molecule has 5 aliphatic rings. The van der Waals surface area contributed by atoms with Crippen molar-refractivity contribution < 1.29 is 61.9 Å². The van der Waals surface area contributed by atoms with E-state index in [-0.39, 0.29) is 44.0 Å². The standard InChI is InChI=1S/C33H46O13/c1-9-30(7,46-21(6)37)29(38)45-27-23(42-19(4)35)14-24-31(8,25-13-22-10-11-39-28(22)44-25)17(2)12-26(43-20(5)36)32(24,15-40-18(3)34)33(27)16-41-33/h10-11,17,22-28H,9,12-16H2,1-8H3/t17-,22-,23-,24-,25+,26+,27+,28+,30-,31+,32+,33-/m1/s1. The Kier molecular flexibility index (Phi) is 9.00. The smallest absolute Gasteiger partial charge is 0.350 e. The maximum atomic E-state index is 13.8. The maximum Gasteiger partial charge on any atom is 0.350 e. The number of fused-ring (bicyclic) bond motifs is 3. The molecule has 2 aliphatic carbocycles. The van der Waals surface area contributed by atoms with E-state index in [0.717, 1.165) is 0 Å². The van der Waals surface area contributed by atoms with E-state index >= 15 is 0 Å². The second-order valence-electron chi connectivity index (χ2n) is 13.9. The Balaban J connectivity index is 1.67. The molecule has 0 amide bonds. The normalized spacial score (nSPS) is 41.7. The van der Waals surface area contributed by atoms with E-state index in [2.05, 4.69) is 13.8 Å². The van der Waals surface area contributed by atoms with Crippen molar-refractivity contribution in [2.24, 2.45) is 28.6 Å². The van der Waals surface area contributed by atoms with Crippen molar-refractivity contribution in [3.8, 4) is 0 Å². The van der Waals surface area contributed by atoms with Crippen molar-refractivity contribution in [3.05, 3.63) is 12.3 Å². The first-order valence-electron chi connectivity index (χ1n) is 16.0. The molecule has 0 aromatic carbocycles. The molecule has 2 saturated carbocycles. The van der Waals surface area contributed by atoms with Crippen LogP contribution in [0.4, 0.5) is 0 Å². The molecule has 12 atom stereocenters. The van der Waals surface area contributed by atoms with Crippen LogP contribution >= 0.6 is 0 Å². The van der Waals surface area contributed by atoms with Crippen LogP contribution in [0, 0.1) is 28.6 Å². The lowest BCUT2D eigenvalue weighted by atomic mass is 9.41. The molecule has 46 heavy (non-hydrogen) atoms. The van der Waals surface area contributed by atoms with E-state index in [1.165, 1.54) is 34.6 Å². The lowest BCUT2D eigenvalue weighted by Gasteiger charge is -2.65. The van der Waals surface area contributed by atoms with Gasteiger partial charge in [0.1, 0.15) is 24.4 Å². The maximum absolute atomic E-state index is 13.8. The Morgan fingerprint density at radius 3 is 2.15 bits per heavy atom. The van der Waals surface area contributed by atoms with Crippen LogP contribution in [0.2, 0.25) is 0 Å². The summed E-state index contributed by atoms with van der Waals surface area (Å²) >= 11 is 0. The Morgan fingerprint density at radius 1 is 0.935 bits per heavy atom. The van der Waals surface area contributed by atoms with Gasteiger partial charge < -0.3 is 37.9 Å². The Morgan fingerprint density at radius 2 is 1.61 bits per heavy atom. The second kappa shape index (κ2) is 12.1. The summed E-state index contributed by atoms with van der Waals surface area (Å²) in [6, 6.07) is 0.